The molecule has 1 N–H and O–H groups in total. The van der Waals surface area contributed by atoms with E-state index in [1.54, 1.807) is 53.7 Å². The fourth-order valence-electron chi connectivity index (χ4n) is 2.67. The predicted octanol–water partition coefficient (Wildman–Crippen LogP) is 3.91. The molecule has 0 radical (unpaired) electrons. The van der Waals surface area contributed by atoms with Crippen LogP contribution in [0.5, 0.6) is 0 Å². The maximum Gasteiger partial charge on any atom is 0.238 e. The van der Waals surface area contributed by atoms with Gasteiger partial charge in [-0.25, -0.2) is 9.07 Å². The average Bonchev–Trinajstić information content (AvgIpc) is 3.29. The van der Waals surface area contributed by atoms with E-state index in [0.29, 0.717) is 22.4 Å². The molecule has 0 unspecified atom stereocenters. The van der Waals surface area contributed by atoms with Crippen LogP contribution >= 0.6 is 11.8 Å². The summed E-state index contributed by atoms with van der Waals surface area (Å²) < 4.78 is 17.5. The van der Waals surface area contributed by atoms with Gasteiger partial charge in [0.25, 0.3) is 0 Å². The molecule has 0 aliphatic rings. The summed E-state index contributed by atoms with van der Waals surface area (Å²) in [7, 11) is 1.76. The van der Waals surface area contributed by atoms with Gasteiger partial charge in [0, 0.05) is 13.1 Å². The first-order valence-electron chi connectivity index (χ1n) is 9.07. The number of benzene rings is 1. The van der Waals surface area contributed by atoms with Crippen molar-refractivity contribution in [3.8, 4) is 11.4 Å². The van der Waals surface area contributed by atoms with Gasteiger partial charge in [-0.2, -0.15) is 5.10 Å². The Labute approximate surface area is 167 Å². The second-order valence-corrected chi connectivity index (χ2v) is 7.82. The molecule has 1 amide bonds. The minimum absolute atomic E-state index is 0.162. The number of amides is 1. The van der Waals surface area contributed by atoms with Crippen LogP contribution in [0, 0.1) is 5.82 Å². The molecule has 0 aliphatic carbocycles. The lowest BCUT2D eigenvalue weighted by molar-refractivity contribution is -0.115. The molecular formula is C19H23FN6OS. The molecule has 28 heavy (non-hydrogen) atoms. The van der Waals surface area contributed by atoms with E-state index in [9.17, 15) is 9.18 Å². The third kappa shape index (κ3) is 4.09. The second kappa shape index (κ2) is 8.55. The molecule has 0 fully saturated rings. The molecule has 3 aromatic rings. The molecule has 2 aromatic heterocycles. The Balaban J connectivity index is 1.72. The van der Waals surface area contributed by atoms with E-state index in [-0.39, 0.29) is 17.8 Å². The number of carbonyl (C=O) groups excluding carboxylic acids is 1. The van der Waals surface area contributed by atoms with Crippen LogP contribution in [-0.2, 0) is 11.8 Å². The summed E-state index contributed by atoms with van der Waals surface area (Å²) in [4.78, 5) is 12.6. The van der Waals surface area contributed by atoms with Crippen molar-refractivity contribution in [2.24, 2.45) is 7.05 Å². The SMILES string of the molecule is CC[C@H](C)n1nccc1NC(=O)[C@@H](C)Sc1nnc(-c2ccccc2F)n1C. The summed E-state index contributed by atoms with van der Waals surface area (Å²) in [6.45, 7) is 5.91. The number of aromatic nitrogens is 5. The zero-order valence-corrected chi connectivity index (χ0v) is 17.1. The molecule has 148 valence electrons. The summed E-state index contributed by atoms with van der Waals surface area (Å²) in [6, 6.07) is 8.38. The van der Waals surface area contributed by atoms with Crippen LogP contribution < -0.4 is 5.32 Å². The van der Waals surface area contributed by atoms with E-state index < -0.39 is 5.25 Å². The second-order valence-electron chi connectivity index (χ2n) is 6.51. The van der Waals surface area contributed by atoms with Gasteiger partial charge in [-0.15, -0.1) is 10.2 Å². The normalized spacial score (nSPS) is 13.3. The Bertz CT molecular complexity index is 969. The Kier molecular flexibility index (Phi) is 6.13. The number of nitrogens with zero attached hydrogens (tertiary/aromatic N) is 5. The van der Waals surface area contributed by atoms with E-state index in [4.69, 9.17) is 0 Å². The van der Waals surface area contributed by atoms with Crippen LogP contribution in [0.15, 0.2) is 41.7 Å². The summed E-state index contributed by atoms with van der Waals surface area (Å²) in [5.74, 6) is 0.559. The molecular weight excluding hydrogens is 379 g/mol. The van der Waals surface area contributed by atoms with E-state index >= 15 is 0 Å². The Morgan fingerprint density at radius 3 is 2.71 bits per heavy atom. The van der Waals surface area contributed by atoms with Crippen molar-refractivity contribution in [3.05, 3.63) is 42.3 Å². The van der Waals surface area contributed by atoms with Crippen LogP contribution in [0.2, 0.25) is 0 Å². The van der Waals surface area contributed by atoms with E-state index in [0.717, 1.165) is 6.42 Å². The minimum atomic E-state index is -0.420. The van der Waals surface area contributed by atoms with Gasteiger partial charge in [0.2, 0.25) is 5.91 Å². The van der Waals surface area contributed by atoms with E-state index in [2.05, 4.69) is 27.5 Å². The molecule has 7 nitrogen and oxygen atoms in total. The summed E-state index contributed by atoms with van der Waals surface area (Å²) in [5.41, 5.74) is 0.374. The van der Waals surface area contributed by atoms with E-state index in [1.807, 2.05) is 6.92 Å². The number of anilines is 1. The van der Waals surface area contributed by atoms with Crippen molar-refractivity contribution in [1.29, 1.82) is 0 Å². The zero-order chi connectivity index (χ0) is 20.3. The molecule has 3 rings (SSSR count). The molecule has 0 aliphatic heterocycles. The van der Waals surface area contributed by atoms with Gasteiger partial charge in [-0.3, -0.25) is 4.79 Å². The minimum Gasteiger partial charge on any atom is -0.310 e. The molecule has 0 spiro atoms. The van der Waals surface area contributed by atoms with Crippen LogP contribution in [0.1, 0.15) is 33.2 Å². The molecule has 1 aromatic carbocycles. The fraction of sp³-hybridized carbons (Fsp3) is 0.368. The van der Waals surface area contributed by atoms with Gasteiger partial charge in [0.15, 0.2) is 11.0 Å². The van der Waals surface area contributed by atoms with Crippen LogP contribution in [0.3, 0.4) is 0 Å². The third-order valence-electron chi connectivity index (χ3n) is 4.53. The van der Waals surface area contributed by atoms with Crippen molar-refractivity contribution in [1.82, 2.24) is 24.5 Å². The predicted molar refractivity (Wildman–Crippen MR) is 108 cm³/mol. The highest BCUT2D eigenvalue weighted by atomic mass is 32.2. The molecule has 0 saturated carbocycles. The van der Waals surface area contributed by atoms with Gasteiger partial charge < -0.3 is 9.88 Å². The smallest absolute Gasteiger partial charge is 0.238 e. The number of thioether (sulfide) groups is 1. The van der Waals surface area contributed by atoms with Gasteiger partial charge in [0.1, 0.15) is 11.6 Å². The third-order valence-corrected chi connectivity index (χ3v) is 5.66. The Hall–Kier alpha value is -2.68. The topological polar surface area (TPSA) is 77.6 Å². The number of halogens is 1. The van der Waals surface area contributed by atoms with Crippen LogP contribution in [0.25, 0.3) is 11.4 Å². The van der Waals surface area contributed by atoms with Crippen molar-refractivity contribution in [2.75, 3.05) is 5.32 Å². The van der Waals surface area contributed by atoms with Crippen molar-refractivity contribution in [3.63, 3.8) is 0 Å². The lowest BCUT2D eigenvalue weighted by Crippen LogP contribution is -2.25. The van der Waals surface area contributed by atoms with Crippen molar-refractivity contribution >= 4 is 23.5 Å². The van der Waals surface area contributed by atoms with E-state index in [1.165, 1.54) is 17.8 Å². The average molecular weight is 402 g/mol. The number of hydrogen-bond acceptors (Lipinski definition) is 5. The van der Waals surface area contributed by atoms with Crippen molar-refractivity contribution < 1.29 is 9.18 Å². The van der Waals surface area contributed by atoms with Gasteiger partial charge in [0.05, 0.1) is 23.1 Å². The summed E-state index contributed by atoms with van der Waals surface area (Å²) >= 11 is 1.27. The van der Waals surface area contributed by atoms with Crippen LogP contribution in [0.4, 0.5) is 10.2 Å². The summed E-state index contributed by atoms with van der Waals surface area (Å²) in [6.07, 6.45) is 2.58. The molecule has 0 saturated heterocycles. The highest BCUT2D eigenvalue weighted by Crippen LogP contribution is 2.27. The molecule has 9 heteroatoms. The highest BCUT2D eigenvalue weighted by molar-refractivity contribution is 8.00. The quantitative estimate of drug-likeness (QED) is 0.606. The Morgan fingerprint density at radius 1 is 1.25 bits per heavy atom. The monoisotopic (exact) mass is 402 g/mol. The largest absolute Gasteiger partial charge is 0.310 e. The maximum atomic E-state index is 14.0. The van der Waals surface area contributed by atoms with Crippen LogP contribution in [-0.4, -0.2) is 35.7 Å². The maximum absolute atomic E-state index is 14.0. The lowest BCUT2D eigenvalue weighted by atomic mass is 10.2. The zero-order valence-electron chi connectivity index (χ0n) is 16.3. The first-order valence-corrected chi connectivity index (χ1v) is 9.95. The first kappa shape index (κ1) is 20.1. The summed E-state index contributed by atoms with van der Waals surface area (Å²) in [5, 5.41) is 15.5. The molecule has 2 atom stereocenters. The van der Waals surface area contributed by atoms with Gasteiger partial charge >= 0.3 is 0 Å². The van der Waals surface area contributed by atoms with Gasteiger partial charge in [-0.05, 0) is 32.4 Å². The Morgan fingerprint density at radius 2 is 2.00 bits per heavy atom. The van der Waals surface area contributed by atoms with Gasteiger partial charge in [-0.1, -0.05) is 30.8 Å². The molecule has 0 bridgehead atoms. The lowest BCUT2D eigenvalue weighted by Gasteiger charge is -2.16. The highest BCUT2D eigenvalue weighted by Gasteiger charge is 2.21. The number of carbonyl (C=O) groups is 1. The molecule has 2 heterocycles. The van der Waals surface area contributed by atoms with Crippen molar-refractivity contribution in [2.45, 2.75) is 43.6 Å². The first-order chi connectivity index (χ1) is 13.4. The number of hydrogen-bond donors (Lipinski definition) is 1. The number of rotatable bonds is 7. The standard InChI is InChI=1S/C19H23FN6OS/c1-5-12(2)26-16(10-11-21-26)22-18(27)13(3)28-19-24-23-17(25(19)4)14-8-6-7-9-15(14)20/h6-13H,5H2,1-4H3,(H,22,27)/t12-,13+/m0/s1. The number of nitrogens with one attached hydrogen (secondary N) is 1. The fourth-order valence-corrected chi connectivity index (χ4v) is 3.49.